The summed E-state index contributed by atoms with van der Waals surface area (Å²) in [7, 11) is 3.61. The molecular weight excluding hydrogens is 356 g/mol. The van der Waals surface area contributed by atoms with E-state index in [0.29, 0.717) is 0 Å². The fourth-order valence-electron chi connectivity index (χ4n) is 3.85. The van der Waals surface area contributed by atoms with E-state index in [2.05, 4.69) is 34.1 Å². The second kappa shape index (κ2) is 5.49. The molecule has 1 fully saturated rings. The Balaban J connectivity index is 2.04. The van der Waals surface area contributed by atoms with Crippen molar-refractivity contribution in [1.82, 2.24) is 9.13 Å². The lowest BCUT2D eigenvalue weighted by molar-refractivity contribution is 0.106. The van der Waals surface area contributed by atoms with Crippen molar-refractivity contribution >= 4 is 37.7 Å². The van der Waals surface area contributed by atoms with Gasteiger partial charge in [-0.05, 0) is 42.8 Å². The largest absolute Gasteiger partial charge is 0.381 e. The van der Waals surface area contributed by atoms with Gasteiger partial charge in [0.05, 0.1) is 17.1 Å². The summed E-state index contributed by atoms with van der Waals surface area (Å²) in [6.45, 7) is 0. The van der Waals surface area contributed by atoms with Crippen molar-refractivity contribution in [2.45, 2.75) is 31.4 Å². The van der Waals surface area contributed by atoms with E-state index in [-0.39, 0.29) is 17.8 Å². The van der Waals surface area contributed by atoms with Crippen molar-refractivity contribution < 1.29 is 4.74 Å². The SMILES string of the molecule is CO[C@@H]1CC[C@@H](n2c(=O)n(C)c3ccc4ccc(Br)cc4c32)C1. The van der Waals surface area contributed by atoms with Crippen molar-refractivity contribution in [2.24, 2.45) is 7.05 Å². The molecule has 0 N–H and O–H groups in total. The summed E-state index contributed by atoms with van der Waals surface area (Å²) >= 11 is 3.56. The van der Waals surface area contributed by atoms with Gasteiger partial charge in [0.1, 0.15) is 0 Å². The molecular formula is C18H19BrN2O2. The molecule has 120 valence electrons. The number of halogens is 1. The molecule has 1 saturated carbocycles. The lowest BCUT2D eigenvalue weighted by atomic mass is 10.1. The topological polar surface area (TPSA) is 36.2 Å². The first kappa shape index (κ1) is 15.0. The maximum absolute atomic E-state index is 12.9. The molecule has 0 spiro atoms. The van der Waals surface area contributed by atoms with Crippen LogP contribution in [-0.2, 0) is 11.8 Å². The fourth-order valence-corrected chi connectivity index (χ4v) is 4.21. The Morgan fingerprint density at radius 1 is 1.22 bits per heavy atom. The average molecular weight is 375 g/mol. The van der Waals surface area contributed by atoms with Gasteiger partial charge in [-0.3, -0.25) is 9.13 Å². The monoisotopic (exact) mass is 374 g/mol. The molecule has 4 rings (SSSR count). The molecule has 0 amide bonds. The quantitative estimate of drug-likeness (QED) is 0.679. The maximum atomic E-state index is 12.9. The van der Waals surface area contributed by atoms with Gasteiger partial charge < -0.3 is 4.74 Å². The highest BCUT2D eigenvalue weighted by atomic mass is 79.9. The van der Waals surface area contributed by atoms with Crippen LogP contribution in [0.25, 0.3) is 21.8 Å². The van der Waals surface area contributed by atoms with Crippen molar-refractivity contribution in [1.29, 1.82) is 0 Å². The second-order valence-electron chi connectivity index (χ2n) is 6.33. The van der Waals surface area contributed by atoms with Gasteiger partial charge in [-0.15, -0.1) is 0 Å². The first-order chi connectivity index (χ1) is 11.1. The Kier molecular flexibility index (Phi) is 3.58. The lowest BCUT2D eigenvalue weighted by Crippen LogP contribution is -2.25. The Hall–Kier alpha value is -1.59. The van der Waals surface area contributed by atoms with E-state index in [1.165, 1.54) is 0 Å². The zero-order valence-electron chi connectivity index (χ0n) is 13.3. The first-order valence-electron chi connectivity index (χ1n) is 7.92. The Morgan fingerprint density at radius 3 is 2.74 bits per heavy atom. The molecule has 1 aliphatic rings. The molecule has 4 nitrogen and oxygen atoms in total. The van der Waals surface area contributed by atoms with E-state index < -0.39 is 0 Å². The number of hydrogen-bond donors (Lipinski definition) is 0. The molecule has 1 aromatic heterocycles. The van der Waals surface area contributed by atoms with Crippen LogP contribution in [0.2, 0.25) is 0 Å². The van der Waals surface area contributed by atoms with Crippen LogP contribution >= 0.6 is 15.9 Å². The average Bonchev–Trinajstić information content (AvgIpc) is 3.11. The Bertz CT molecular complexity index is 957. The number of methoxy groups -OCH3 is 1. The second-order valence-corrected chi connectivity index (χ2v) is 7.25. The molecule has 5 heteroatoms. The number of aromatic nitrogens is 2. The molecule has 23 heavy (non-hydrogen) atoms. The van der Waals surface area contributed by atoms with Gasteiger partial charge in [0, 0.05) is 30.1 Å². The van der Waals surface area contributed by atoms with Crippen molar-refractivity contribution in [3.63, 3.8) is 0 Å². The standard InChI is InChI=1S/C18H19BrN2O2/c1-20-16-8-4-11-3-5-12(19)9-15(11)17(16)21(18(20)22)13-6-7-14(10-13)23-2/h3-5,8-9,13-14H,6-7,10H2,1-2H3/t13-,14-/m1/s1. The molecule has 0 bridgehead atoms. The Morgan fingerprint density at radius 2 is 2.00 bits per heavy atom. The van der Waals surface area contributed by atoms with E-state index in [9.17, 15) is 4.79 Å². The molecule has 1 heterocycles. The highest BCUT2D eigenvalue weighted by molar-refractivity contribution is 9.10. The summed E-state index contributed by atoms with van der Waals surface area (Å²) in [4.78, 5) is 12.9. The van der Waals surface area contributed by atoms with Gasteiger partial charge in [0.15, 0.2) is 0 Å². The molecule has 1 aliphatic carbocycles. The van der Waals surface area contributed by atoms with E-state index in [1.807, 2.05) is 23.7 Å². The zero-order valence-corrected chi connectivity index (χ0v) is 14.8. The normalized spacial score (nSPS) is 21.5. The summed E-state index contributed by atoms with van der Waals surface area (Å²) in [5.74, 6) is 0. The van der Waals surface area contributed by atoms with Crippen LogP contribution in [0.1, 0.15) is 25.3 Å². The number of fused-ring (bicyclic) bond motifs is 3. The minimum absolute atomic E-state index is 0.0641. The number of benzene rings is 2. The number of imidazole rings is 1. The smallest absolute Gasteiger partial charge is 0.329 e. The summed E-state index contributed by atoms with van der Waals surface area (Å²) < 4.78 is 10.3. The van der Waals surface area contributed by atoms with Crippen LogP contribution in [0.3, 0.4) is 0 Å². The Labute approximate surface area is 142 Å². The number of ether oxygens (including phenoxy) is 1. The van der Waals surface area contributed by atoms with E-state index in [0.717, 1.165) is 45.5 Å². The predicted molar refractivity (Wildman–Crippen MR) is 96.1 cm³/mol. The zero-order chi connectivity index (χ0) is 16.1. The van der Waals surface area contributed by atoms with Crippen molar-refractivity contribution in [3.8, 4) is 0 Å². The van der Waals surface area contributed by atoms with Gasteiger partial charge >= 0.3 is 5.69 Å². The fraction of sp³-hybridized carbons (Fsp3) is 0.389. The van der Waals surface area contributed by atoms with Gasteiger partial charge in [-0.1, -0.05) is 28.1 Å². The first-order valence-corrected chi connectivity index (χ1v) is 8.71. The van der Waals surface area contributed by atoms with E-state index in [4.69, 9.17) is 4.74 Å². The van der Waals surface area contributed by atoms with Crippen LogP contribution < -0.4 is 5.69 Å². The third-order valence-corrected chi connectivity index (χ3v) is 5.58. The van der Waals surface area contributed by atoms with Crippen LogP contribution in [-0.4, -0.2) is 22.3 Å². The van der Waals surface area contributed by atoms with Gasteiger partial charge in [-0.25, -0.2) is 4.79 Å². The summed E-state index contributed by atoms with van der Waals surface area (Å²) in [5, 5.41) is 2.27. The van der Waals surface area contributed by atoms with Crippen LogP contribution in [0, 0.1) is 0 Å². The number of hydrogen-bond acceptors (Lipinski definition) is 2. The molecule has 2 aromatic carbocycles. The van der Waals surface area contributed by atoms with Gasteiger partial charge in [0.2, 0.25) is 0 Å². The molecule has 2 atom stereocenters. The summed E-state index contributed by atoms with van der Waals surface area (Å²) in [5.41, 5.74) is 2.09. The lowest BCUT2D eigenvalue weighted by Gasteiger charge is -2.14. The molecule has 0 radical (unpaired) electrons. The number of aryl methyl sites for hydroxylation is 1. The van der Waals surface area contributed by atoms with Crippen LogP contribution in [0.4, 0.5) is 0 Å². The van der Waals surface area contributed by atoms with Crippen molar-refractivity contribution in [3.05, 3.63) is 45.3 Å². The minimum atomic E-state index is 0.0641. The number of rotatable bonds is 2. The highest BCUT2D eigenvalue weighted by Crippen LogP contribution is 2.35. The van der Waals surface area contributed by atoms with Crippen LogP contribution in [0.5, 0.6) is 0 Å². The minimum Gasteiger partial charge on any atom is -0.381 e. The third-order valence-electron chi connectivity index (χ3n) is 5.08. The molecule has 3 aromatic rings. The van der Waals surface area contributed by atoms with Crippen molar-refractivity contribution in [2.75, 3.05) is 7.11 Å². The maximum Gasteiger partial charge on any atom is 0.329 e. The highest BCUT2D eigenvalue weighted by Gasteiger charge is 2.29. The van der Waals surface area contributed by atoms with E-state index in [1.54, 1.807) is 11.7 Å². The van der Waals surface area contributed by atoms with Gasteiger partial charge in [0.25, 0.3) is 0 Å². The predicted octanol–water partition coefficient (Wildman–Crippen LogP) is 4.00. The van der Waals surface area contributed by atoms with Gasteiger partial charge in [-0.2, -0.15) is 0 Å². The molecule has 0 saturated heterocycles. The number of nitrogens with zero attached hydrogens (tertiary/aromatic N) is 2. The summed E-state index contributed by atoms with van der Waals surface area (Å²) in [6, 6.07) is 10.6. The molecule has 0 unspecified atom stereocenters. The third kappa shape index (κ3) is 2.25. The summed E-state index contributed by atoms with van der Waals surface area (Å²) in [6.07, 6.45) is 3.16. The van der Waals surface area contributed by atoms with E-state index >= 15 is 0 Å². The van der Waals surface area contributed by atoms with Crippen LogP contribution in [0.15, 0.2) is 39.6 Å². The molecule has 0 aliphatic heterocycles.